The zero-order valence-corrected chi connectivity index (χ0v) is 14.2. The number of nitrogens with zero attached hydrogens (tertiary/aromatic N) is 3. The zero-order chi connectivity index (χ0) is 19.3. The second-order valence-corrected chi connectivity index (χ2v) is 6.73. The first-order valence-electron chi connectivity index (χ1n) is 7.40. The standard InChI is InChI=1S/C8H12N4O4.C6H6O3S/c9-7-10-3-12(8(15)11-7)6-1-4(14)5(2-13)16-6;7-10(8,9)6-4-2-1-3-5-6/h3-6,13-14H,1-2H2,(H2,9,11,15);1-5H,(H,7,8,9)/t4-,5+,6+;/m0./s1. The molecule has 12 heteroatoms. The summed E-state index contributed by atoms with van der Waals surface area (Å²) in [4.78, 5) is 18.5. The van der Waals surface area contributed by atoms with Gasteiger partial charge in [0.05, 0.1) is 17.6 Å². The average Bonchev–Trinajstić information content (AvgIpc) is 2.96. The van der Waals surface area contributed by atoms with Crippen molar-refractivity contribution in [2.24, 2.45) is 0 Å². The Morgan fingerprint density at radius 2 is 1.96 bits per heavy atom. The number of anilines is 1. The minimum Gasteiger partial charge on any atom is -0.394 e. The van der Waals surface area contributed by atoms with Crippen LogP contribution >= 0.6 is 0 Å². The van der Waals surface area contributed by atoms with E-state index in [2.05, 4.69) is 9.97 Å². The van der Waals surface area contributed by atoms with Crippen LogP contribution in [0.5, 0.6) is 0 Å². The van der Waals surface area contributed by atoms with Gasteiger partial charge in [0.1, 0.15) is 18.7 Å². The molecule has 1 fully saturated rings. The Hall–Kier alpha value is -2.38. The lowest BCUT2D eigenvalue weighted by Crippen LogP contribution is -2.28. The lowest BCUT2D eigenvalue weighted by Gasteiger charge is -2.13. The van der Waals surface area contributed by atoms with Gasteiger partial charge in [0.2, 0.25) is 5.95 Å². The van der Waals surface area contributed by atoms with Crippen LogP contribution in [0.15, 0.2) is 46.3 Å². The van der Waals surface area contributed by atoms with Crippen LogP contribution in [-0.4, -0.2) is 56.5 Å². The van der Waals surface area contributed by atoms with Gasteiger partial charge in [0, 0.05) is 6.42 Å². The SMILES string of the molecule is Nc1ncn([C@H]2C[C@H](O)[C@@H](CO)O2)c(=O)n1.O=S(=O)(O)c1ccccc1. The number of benzene rings is 1. The maximum atomic E-state index is 11.4. The predicted molar refractivity (Wildman–Crippen MR) is 88.6 cm³/mol. The summed E-state index contributed by atoms with van der Waals surface area (Å²) in [5, 5.41) is 18.4. The Kier molecular flexibility index (Phi) is 6.39. The summed E-state index contributed by atoms with van der Waals surface area (Å²) in [6, 6.07) is 7.42. The third kappa shape index (κ3) is 5.06. The molecule has 1 saturated heterocycles. The fourth-order valence-electron chi connectivity index (χ4n) is 2.20. The topological polar surface area (TPSA) is 178 Å². The molecule has 26 heavy (non-hydrogen) atoms. The van der Waals surface area contributed by atoms with Crippen molar-refractivity contribution in [1.29, 1.82) is 0 Å². The van der Waals surface area contributed by atoms with Crippen molar-refractivity contribution in [2.45, 2.75) is 29.8 Å². The molecule has 0 bridgehead atoms. The number of ether oxygens (including phenoxy) is 1. The molecule has 0 saturated carbocycles. The van der Waals surface area contributed by atoms with Gasteiger partial charge in [-0.15, -0.1) is 0 Å². The van der Waals surface area contributed by atoms with Gasteiger partial charge < -0.3 is 20.7 Å². The first-order valence-corrected chi connectivity index (χ1v) is 8.84. The van der Waals surface area contributed by atoms with E-state index in [4.69, 9.17) is 20.1 Å². The molecule has 5 N–H and O–H groups in total. The Bertz CT molecular complexity index is 888. The fraction of sp³-hybridized carbons (Fsp3) is 0.357. The molecule has 2 heterocycles. The van der Waals surface area contributed by atoms with Gasteiger partial charge in [-0.1, -0.05) is 18.2 Å². The van der Waals surface area contributed by atoms with Crippen molar-refractivity contribution in [2.75, 3.05) is 12.3 Å². The van der Waals surface area contributed by atoms with Crippen molar-refractivity contribution in [1.82, 2.24) is 14.5 Å². The quantitative estimate of drug-likeness (QED) is 0.468. The lowest BCUT2D eigenvalue weighted by atomic mass is 10.2. The van der Waals surface area contributed by atoms with Crippen LogP contribution in [0, 0.1) is 0 Å². The van der Waals surface area contributed by atoms with Gasteiger partial charge >= 0.3 is 5.69 Å². The summed E-state index contributed by atoms with van der Waals surface area (Å²) in [5.74, 6) is -0.112. The zero-order valence-electron chi connectivity index (χ0n) is 13.4. The maximum Gasteiger partial charge on any atom is 0.354 e. The van der Waals surface area contributed by atoms with E-state index < -0.39 is 34.2 Å². The number of hydrogen-bond acceptors (Lipinski definition) is 9. The van der Waals surface area contributed by atoms with Crippen molar-refractivity contribution >= 4 is 16.1 Å². The van der Waals surface area contributed by atoms with Crippen LogP contribution in [0.3, 0.4) is 0 Å². The normalized spacial score (nSPS) is 22.5. The Labute approximate surface area is 148 Å². The Morgan fingerprint density at radius 1 is 1.31 bits per heavy atom. The van der Waals surface area contributed by atoms with E-state index in [0.29, 0.717) is 0 Å². The molecule has 142 valence electrons. The fourth-order valence-corrected chi connectivity index (χ4v) is 2.70. The summed E-state index contributed by atoms with van der Waals surface area (Å²) in [7, 11) is -4.00. The number of nitrogens with two attached hydrogens (primary N) is 1. The van der Waals surface area contributed by atoms with Gasteiger partial charge in [-0.3, -0.25) is 9.12 Å². The van der Waals surface area contributed by atoms with Gasteiger partial charge in [0.15, 0.2) is 0 Å². The second-order valence-electron chi connectivity index (χ2n) is 5.31. The van der Waals surface area contributed by atoms with Crippen molar-refractivity contribution in [3.63, 3.8) is 0 Å². The highest BCUT2D eigenvalue weighted by Gasteiger charge is 2.35. The molecule has 3 atom stereocenters. The van der Waals surface area contributed by atoms with E-state index in [9.17, 15) is 18.3 Å². The molecule has 2 aromatic rings. The third-order valence-electron chi connectivity index (χ3n) is 3.48. The molecule has 1 aliphatic rings. The van der Waals surface area contributed by atoms with Crippen molar-refractivity contribution < 1.29 is 27.9 Å². The van der Waals surface area contributed by atoms with Crippen LogP contribution in [0.4, 0.5) is 5.95 Å². The summed E-state index contributed by atoms with van der Waals surface area (Å²) in [6.07, 6.45) is -0.741. The average molecular weight is 386 g/mol. The highest BCUT2D eigenvalue weighted by atomic mass is 32.2. The molecule has 0 radical (unpaired) electrons. The Balaban J connectivity index is 0.000000209. The van der Waals surface area contributed by atoms with Gasteiger partial charge in [-0.2, -0.15) is 13.4 Å². The number of aromatic nitrogens is 3. The molecule has 1 aromatic heterocycles. The molecule has 1 aromatic carbocycles. The molecule has 0 unspecified atom stereocenters. The van der Waals surface area contributed by atoms with Crippen LogP contribution in [0.1, 0.15) is 12.6 Å². The van der Waals surface area contributed by atoms with E-state index in [0.717, 1.165) is 4.57 Å². The Morgan fingerprint density at radius 3 is 2.42 bits per heavy atom. The second kappa shape index (κ2) is 8.33. The molecule has 1 aliphatic heterocycles. The van der Waals surface area contributed by atoms with Gasteiger partial charge in [0.25, 0.3) is 10.1 Å². The highest BCUT2D eigenvalue weighted by Crippen LogP contribution is 2.26. The van der Waals surface area contributed by atoms with Crippen molar-refractivity contribution in [3.05, 3.63) is 47.1 Å². The molecule has 0 aliphatic carbocycles. The highest BCUT2D eigenvalue weighted by molar-refractivity contribution is 7.85. The van der Waals surface area contributed by atoms with E-state index in [-0.39, 0.29) is 23.9 Å². The van der Waals surface area contributed by atoms with Crippen molar-refractivity contribution in [3.8, 4) is 0 Å². The van der Waals surface area contributed by atoms with Crippen LogP contribution in [-0.2, 0) is 14.9 Å². The van der Waals surface area contributed by atoms with E-state index >= 15 is 0 Å². The summed E-state index contributed by atoms with van der Waals surface area (Å²) < 4.78 is 35.6. The lowest BCUT2D eigenvalue weighted by molar-refractivity contribution is -0.0462. The first-order chi connectivity index (χ1) is 12.2. The summed E-state index contributed by atoms with van der Waals surface area (Å²) >= 11 is 0. The van der Waals surface area contributed by atoms with E-state index in [1.807, 2.05) is 0 Å². The number of aliphatic hydroxyl groups excluding tert-OH is 2. The third-order valence-corrected chi connectivity index (χ3v) is 4.35. The van der Waals surface area contributed by atoms with E-state index in [1.54, 1.807) is 18.2 Å². The van der Waals surface area contributed by atoms with Crippen LogP contribution < -0.4 is 11.4 Å². The summed E-state index contributed by atoms with van der Waals surface area (Å²) in [6.45, 7) is -0.303. The predicted octanol–water partition coefficient (Wildman–Crippen LogP) is -1.21. The summed E-state index contributed by atoms with van der Waals surface area (Å²) in [5.41, 5.74) is 4.65. The molecular formula is C14H18N4O7S. The molecule has 0 amide bonds. The van der Waals surface area contributed by atoms with Crippen LogP contribution in [0.2, 0.25) is 0 Å². The van der Waals surface area contributed by atoms with Gasteiger partial charge in [-0.05, 0) is 12.1 Å². The largest absolute Gasteiger partial charge is 0.394 e. The smallest absolute Gasteiger partial charge is 0.354 e. The molecule has 3 rings (SSSR count). The number of rotatable bonds is 3. The number of hydrogen-bond donors (Lipinski definition) is 4. The van der Waals surface area contributed by atoms with Crippen LogP contribution in [0.25, 0.3) is 0 Å². The minimum absolute atomic E-state index is 0.0741. The minimum atomic E-state index is -4.00. The number of aliphatic hydroxyl groups is 2. The monoisotopic (exact) mass is 386 g/mol. The maximum absolute atomic E-state index is 11.4. The van der Waals surface area contributed by atoms with E-state index in [1.165, 1.54) is 18.5 Å². The molecular weight excluding hydrogens is 368 g/mol. The number of nitrogen functional groups attached to an aromatic ring is 1. The molecule has 0 spiro atoms. The van der Waals surface area contributed by atoms with Gasteiger partial charge in [-0.25, -0.2) is 9.78 Å². The molecule has 11 nitrogen and oxygen atoms in total. The first kappa shape index (κ1) is 19.9.